The first-order chi connectivity index (χ1) is 12.4. The summed E-state index contributed by atoms with van der Waals surface area (Å²) in [6, 6.07) is 12.9. The van der Waals surface area contributed by atoms with Crippen LogP contribution < -0.4 is 10.1 Å². The Morgan fingerprint density at radius 3 is 2.77 bits per heavy atom. The van der Waals surface area contributed by atoms with E-state index in [1.165, 1.54) is 0 Å². The van der Waals surface area contributed by atoms with E-state index in [1.54, 1.807) is 25.1 Å². The molecule has 6 nitrogen and oxygen atoms in total. The molecule has 1 atom stereocenters. The second kappa shape index (κ2) is 7.58. The van der Waals surface area contributed by atoms with Crippen LogP contribution in [0.1, 0.15) is 18.1 Å². The number of rotatable bonds is 5. The molecule has 0 aliphatic heterocycles. The Kier molecular flexibility index (Phi) is 5.23. The van der Waals surface area contributed by atoms with Crippen molar-refractivity contribution in [2.24, 2.45) is 0 Å². The maximum Gasteiger partial charge on any atom is 0.270 e. The molecule has 7 heteroatoms. The Morgan fingerprint density at radius 2 is 2.04 bits per heavy atom. The third kappa shape index (κ3) is 4.21. The molecule has 3 aromatic rings. The van der Waals surface area contributed by atoms with Gasteiger partial charge in [0, 0.05) is 10.6 Å². The van der Waals surface area contributed by atoms with Crippen LogP contribution in [0.5, 0.6) is 5.75 Å². The maximum absolute atomic E-state index is 12.3. The van der Waals surface area contributed by atoms with Crippen LogP contribution in [0.2, 0.25) is 5.02 Å². The highest BCUT2D eigenvalue weighted by Gasteiger charge is 2.18. The molecule has 1 amide bonds. The normalized spacial score (nSPS) is 11.8. The van der Waals surface area contributed by atoms with Gasteiger partial charge >= 0.3 is 0 Å². The number of carbonyl (C=O) groups excluding carboxylic acids is 1. The first-order valence-corrected chi connectivity index (χ1v) is 8.44. The minimum atomic E-state index is -0.739. The Labute approximate surface area is 156 Å². The Morgan fingerprint density at radius 1 is 1.23 bits per heavy atom. The van der Waals surface area contributed by atoms with Gasteiger partial charge in [0.05, 0.1) is 0 Å². The second-order valence-corrected chi connectivity index (χ2v) is 6.36. The van der Waals surface area contributed by atoms with Crippen LogP contribution in [0.4, 0.5) is 5.95 Å². The zero-order valence-electron chi connectivity index (χ0n) is 14.6. The van der Waals surface area contributed by atoms with Crippen molar-refractivity contribution in [3.8, 4) is 17.2 Å². The predicted octanol–water partition coefficient (Wildman–Crippen LogP) is 4.41. The molecule has 26 heavy (non-hydrogen) atoms. The molecular weight excluding hydrogens is 354 g/mol. The van der Waals surface area contributed by atoms with Gasteiger partial charge in [-0.25, -0.2) is 0 Å². The van der Waals surface area contributed by atoms with Gasteiger partial charge in [-0.2, -0.15) is 4.98 Å². The molecule has 1 heterocycles. The van der Waals surface area contributed by atoms with Gasteiger partial charge in [-0.05, 0) is 61.8 Å². The molecule has 0 fully saturated rings. The van der Waals surface area contributed by atoms with Crippen LogP contribution in [0.3, 0.4) is 0 Å². The maximum atomic E-state index is 12.3. The standard InChI is InChI=1S/C19H18ClN3O3/c1-11-5-4-6-14(9-11)18-22-19(23-26-18)21-17(24)13(3)25-15-7-8-16(20)12(2)10-15/h4-10,13H,1-3H3,(H,21,23,24). The van der Waals surface area contributed by atoms with Crippen molar-refractivity contribution < 1.29 is 14.1 Å². The molecule has 0 saturated carbocycles. The number of hydrogen-bond acceptors (Lipinski definition) is 5. The lowest BCUT2D eigenvalue weighted by Gasteiger charge is -2.14. The van der Waals surface area contributed by atoms with E-state index in [0.29, 0.717) is 16.7 Å². The fraction of sp³-hybridized carbons (Fsp3) is 0.211. The molecule has 3 rings (SSSR count). The van der Waals surface area contributed by atoms with E-state index >= 15 is 0 Å². The molecule has 0 aliphatic rings. The lowest BCUT2D eigenvalue weighted by Crippen LogP contribution is -2.30. The Balaban J connectivity index is 1.65. The van der Waals surface area contributed by atoms with Gasteiger partial charge in [0.25, 0.3) is 17.7 Å². The van der Waals surface area contributed by atoms with Crippen molar-refractivity contribution in [3.05, 3.63) is 58.6 Å². The molecule has 0 saturated heterocycles. The van der Waals surface area contributed by atoms with Gasteiger partial charge in [0.1, 0.15) is 5.75 Å². The average molecular weight is 372 g/mol. The summed E-state index contributed by atoms with van der Waals surface area (Å²) in [5, 5.41) is 7.02. The fourth-order valence-corrected chi connectivity index (χ4v) is 2.45. The summed E-state index contributed by atoms with van der Waals surface area (Å²) < 4.78 is 10.8. The summed E-state index contributed by atoms with van der Waals surface area (Å²) in [5.41, 5.74) is 2.74. The number of halogens is 1. The van der Waals surface area contributed by atoms with Crippen LogP contribution in [0, 0.1) is 13.8 Å². The number of ether oxygens (including phenoxy) is 1. The number of hydrogen-bond donors (Lipinski definition) is 1. The second-order valence-electron chi connectivity index (χ2n) is 5.95. The van der Waals surface area contributed by atoms with Crippen LogP contribution in [-0.2, 0) is 4.79 Å². The molecule has 0 bridgehead atoms. The van der Waals surface area contributed by atoms with Crippen molar-refractivity contribution in [2.75, 3.05) is 5.32 Å². The summed E-state index contributed by atoms with van der Waals surface area (Å²) in [4.78, 5) is 16.5. The number of anilines is 1. The summed E-state index contributed by atoms with van der Waals surface area (Å²) >= 11 is 5.99. The number of nitrogens with zero attached hydrogens (tertiary/aromatic N) is 2. The highest BCUT2D eigenvalue weighted by atomic mass is 35.5. The number of benzene rings is 2. The van der Waals surface area contributed by atoms with Crippen molar-refractivity contribution in [1.82, 2.24) is 10.1 Å². The van der Waals surface area contributed by atoms with Gasteiger partial charge in [0.2, 0.25) is 0 Å². The van der Waals surface area contributed by atoms with Crippen molar-refractivity contribution in [3.63, 3.8) is 0 Å². The van der Waals surface area contributed by atoms with E-state index in [9.17, 15) is 4.79 Å². The van der Waals surface area contributed by atoms with Crippen LogP contribution in [0.15, 0.2) is 47.0 Å². The number of aryl methyl sites for hydroxylation is 2. The molecule has 1 unspecified atom stereocenters. The zero-order valence-corrected chi connectivity index (χ0v) is 15.4. The van der Waals surface area contributed by atoms with Crippen molar-refractivity contribution in [1.29, 1.82) is 0 Å². The van der Waals surface area contributed by atoms with E-state index in [-0.39, 0.29) is 11.9 Å². The SMILES string of the molecule is Cc1cccc(-c2nc(NC(=O)C(C)Oc3ccc(Cl)c(C)c3)no2)c1. The van der Waals surface area contributed by atoms with E-state index < -0.39 is 6.10 Å². The topological polar surface area (TPSA) is 77.2 Å². The third-order valence-electron chi connectivity index (χ3n) is 3.74. The Hall–Kier alpha value is -2.86. The third-order valence-corrected chi connectivity index (χ3v) is 4.16. The molecule has 1 N–H and O–H groups in total. The van der Waals surface area contributed by atoms with Crippen LogP contribution in [-0.4, -0.2) is 22.2 Å². The summed E-state index contributed by atoms with van der Waals surface area (Å²) in [6.07, 6.45) is -0.739. The number of aromatic nitrogens is 2. The lowest BCUT2D eigenvalue weighted by atomic mass is 10.1. The molecule has 1 aromatic heterocycles. The minimum absolute atomic E-state index is 0.0919. The van der Waals surface area contributed by atoms with Gasteiger partial charge in [-0.15, -0.1) is 0 Å². The van der Waals surface area contributed by atoms with Crippen LogP contribution in [0.25, 0.3) is 11.5 Å². The zero-order chi connectivity index (χ0) is 18.7. The van der Waals surface area contributed by atoms with Gasteiger partial charge in [-0.1, -0.05) is 29.3 Å². The van der Waals surface area contributed by atoms with E-state index in [1.807, 2.05) is 38.1 Å². The quantitative estimate of drug-likeness (QED) is 0.718. The van der Waals surface area contributed by atoms with E-state index in [2.05, 4.69) is 15.5 Å². The molecule has 2 aromatic carbocycles. The monoisotopic (exact) mass is 371 g/mol. The van der Waals surface area contributed by atoms with Crippen molar-refractivity contribution in [2.45, 2.75) is 26.9 Å². The Bertz CT molecular complexity index is 939. The summed E-state index contributed by atoms with van der Waals surface area (Å²) in [7, 11) is 0. The predicted molar refractivity (Wildman–Crippen MR) is 99.4 cm³/mol. The highest BCUT2D eigenvalue weighted by Crippen LogP contribution is 2.22. The average Bonchev–Trinajstić information content (AvgIpc) is 3.06. The molecular formula is C19H18ClN3O3. The minimum Gasteiger partial charge on any atom is -0.481 e. The fourth-order valence-electron chi connectivity index (χ4n) is 2.33. The smallest absolute Gasteiger partial charge is 0.270 e. The summed E-state index contributed by atoms with van der Waals surface area (Å²) in [5.74, 6) is 0.609. The molecule has 0 aliphatic carbocycles. The van der Waals surface area contributed by atoms with E-state index in [4.69, 9.17) is 20.9 Å². The lowest BCUT2D eigenvalue weighted by molar-refractivity contribution is -0.122. The largest absolute Gasteiger partial charge is 0.481 e. The van der Waals surface area contributed by atoms with Gasteiger partial charge < -0.3 is 9.26 Å². The molecule has 0 radical (unpaired) electrons. The van der Waals surface area contributed by atoms with E-state index in [0.717, 1.165) is 16.7 Å². The number of carbonyl (C=O) groups is 1. The number of amides is 1. The molecule has 134 valence electrons. The summed E-state index contributed by atoms with van der Waals surface area (Å²) in [6.45, 7) is 5.48. The molecule has 0 spiro atoms. The van der Waals surface area contributed by atoms with Crippen LogP contribution >= 0.6 is 11.6 Å². The first-order valence-electron chi connectivity index (χ1n) is 8.07. The van der Waals surface area contributed by atoms with Crippen molar-refractivity contribution >= 4 is 23.5 Å². The van der Waals surface area contributed by atoms with Gasteiger partial charge in [0.15, 0.2) is 6.10 Å². The van der Waals surface area contributed by atoms with Gasteiger partial charge in [-0.3, -0.25) is 10.1 Å². The first kappa shape index (κ1) is 17.9. The number of nitrogens with one attached hydrogen (secondary N) is 1. The highest BCUT2D eigenvalue weighted by molar-refractivity contribution is 6.31.